The summed E-state index contributed by atoms with van der Waals surface area (Å²) in [6.45, 7) is 1.37. The highest BCUT2D eigenvalue weighted by molar-refractivity contribution is 7.89. The predicted molar refractivity (Wildman–Crippen MR) is 69.1 cm³/mol. The second-order valence-corrected chi connectivity index (χ2v) is 5.91. The van der Waals surface area contributed by atoms with Crippen LogP contribution in [0.5, 0.6) is 0 Å². The number of rotatable bonds is 4. The average molecular weight is 296 g/mol. The summed E-state index contributed by atoms with van der Waals surface area (Å²) >= 11 is 0. The first-order chi connectivity index (χ1) is 8.09. The Balaban J connectivity index is 0.00000162. The second-order valence-electron chi connectivity index (χ2n) is 4.19. The maximum atomic E-state index is 11.9. The molecule has 18 heavy (non-hydrogen) atoms. The molecule has 2 N–H and O–H groups in total. The van der Waals surface area contributed by atoms with Crippen LogP contribution in [0.4, 0.5) is 0 Å². The molecule has 2 heterocycles. The zero-order valence-corrected chi connectivity index (χ0v) is 11.8. The summed E-state index contributed by atoms with van der Waals surface area (Å²) in [7, 11) is -1.94. The lowest BCUT2D eigenvalue weighted by Gasteiger charge is -2.23. The molecular formula is C9H18ClN5O2S. The van der Waals surface area contributed by atoms with Gasteiger partial charge in [0.25, 0.3) is 10.0 Å². The van der Waals surface area contributed by atoms with E-state index in [0.717, 1.165) is 25.8 Å². The van der Waals surface area contributed by atoms with E-state index in [0.29, 0.717) is 6.54 Å². The number of nitrogens with one attached hydrogen (secondary N) is 2. The Bertz CT molecular complexity index is 469. The van der Waals surface area contributed by atoms with Gasteiger partial charge in [0.15, 0.2) is 5.03 Å². The van der Waals surface area contributed by atoms with Gasteiger partial charge >= 0.3 is 0 Å². The Labute approximate surface area is 113 Å². The van der Waals surface area contributed by atoms with Crippen LogP contribution < -0.4 is 10.0 Å². The maximum Gasteiger partial charge on any atom is 0.259 e. The minimum Gasteiger partial charge on any atom is -0.313 e. The normalized spacial score (nSPS) is 20.4. The van der Waals surface area contributed by atoms with Crippen LogP contribution in [0.3, 0.4) is 0 Å². The molecule has 1 saturated heterocycles. The number of aromatic nitrogens is 3. The monoisotopic (exact) mass is 295 g/mol. The summed E-state index contributed by atoms with van der Waals surface area (Å²) in [5.74, 6) is 0. The van der Waals surface area contributed by atoms with Crippen molar-refractivity contribution in [3.05, 3.63) is 6.20 Å². The smallest absolute Gasteiger partial charge is 0.259 e. The Morgan fingerprint density at radius 1 is 1.56 bits per heavy atom. The quantitative estimate of drug-likeness (QED) is 0.793. The van der Waals surface area contributed by atoms with E-state index in [-0.39, 0.29) is 23.5 Å². The zero-order valence-electron chi connectivity index (χ0n) is 10.2. The number of halogens is 1. The van der Waals surface area contributed by atoms with Crippen molar-refractivity contribution < 1.29 is 8.42 Å². The molecule has 7 nitrogen and oxygen atoms in total. The second kappa shape index (κ2) is 6.46. The molecule has 0 bridgehead atoms. The van der Waals surface area contributed by atoms with Crippen LogP contribution in [-0.4, -0.2) is 42.5 Å². The summed E-state index contributed by atoms with van der Waals surface area (Å²) in [4.78, 5) is 0. The lowest BCUT2D eigenvalue weighted by molar-refractivity contribution is 0.397. The largest absolute Gasteiger partial charge is 0.313 e. The van der Waals surface area contributed by atoms with Crippen LogP contribution in [-0.2, 0) is 17.1 Å². The molecule has 1 fully saturated rings. The van der Waals surface area contributed by atoms with Crippen LogP contribution in [0, 0.1) is 0 Å². The van der Waals surface area contributed by atoms with Crippen molar-refractivity contribution >= 4 is 22.4 Å². The summed E-state index contributed by atoms with van der Waals surface area (Å²) in [6.07, 6.45) is 4.56. The highest BCUT2D eigenvalue weighted by Crippen LogP contribution is 2.08. The third kappa shape index (κ3) is 3.64. The van der Waals surface area contributed by atoms with Crippen LogP contribution in [0.1, 0.15) is 19.3 Å². The Morgan fingerprint density at radius 2 is 2.33 bits per heavy atom. The van der Waals surface area contributed by atoms with Crippen LogP contribution in [0.2, 0.25) is 0 Å². The number of hydrogen-bond acceptors (Lipinski definition) is 5. The van der Waals surface area contributed by atoms with Gasteiger partial charge in [-0.25, -0.2) is 17.8 Å². The van der Waals surface area contributed by atoms with Gasteiger partial charge in [-0.2, -0.15) is 0 Å². The molecular weight excluding hydrogens is 278 g/mol. The van der Waals surface area contributed by atoms with E-state index in [9.17, 15) is 8.42 Å². The van der Waals surface area contributed by atoms with E-state index in [1.807, 2.05) is 0 Å². The summed E-state index contributed by atoms with van der Waals surface area (Å²) in [6, 6.07) is 0.222. The number of sulfonamides is 1. The number of nitrogens with zero attached hydrogens (tertiary/aromatic N) is 3. The summed E-state index contributed by atoms with van der Waals surface area (Å²) in [5, 5.41) is 10.5. The van der Waals surface area contributed by atoms with E-state index in [1.54, 1.807) is 7.05 Å². The van der Waals surface area contributed by atoms with Gasteiger partial charge in [0.1, 0.15) is 0 Å². The highest BCUT2D eigenvalue weighted by Gasteiger charge is 2.21. The third-order valence-corrected chi connectivity index (χ3v) is 4.35. The topological polar surface area (TPSA) is 88.9 Å². The van der Waals surface area contributed by atoms with Crippen LogP contribution in [0.15, 0.2) is 11.2 Å². The molecule has 1 aliphatic rings. The highest BCUT2D eigenvalue weighted by atomic mass is 35.5. The molecule has 0 aromatic carbocycles. The SMILES string of the molecule is Cl.Cn1nncc1S(=O)(=O)NCC1CCCCN1. The average Bonchev–Trinajstić information content (AvgIpc) is 2.75. The maximum absolute atomic E-state index is 11.9. The fraction of sp³-hybridized carbons (Fsp3) is 0.778. The number of hydrogen-bond donors (Lipinski definition) is 2. The van der Waals surface area contributed by atoms with Gasteiger partial charge in [-0.1, -0.05) is 11.6 Å². The van der Waals surface area contributed by atoms with Gasteiger partial charge in [0.05, 0.1) is 6.20 Å². The molecule has 0 saturated carbocycles. The van der Waals surface area contributed by atoms with Crippen molar-refractivity contribution in [1.82, 2.24) is 25.0 Å². The van der Waals surface area contributed by atoms with E-state index in [1.165, 1.54) is 10.9 Å². The molecule has 2 rings (SSSR count). The van der Waals surface area contributed by atoms with Crippen molar-refractivity contribution in [2.75, 3.05) is 13.1 Å². The summed E-state index contributed by atoms with van der Waals surface area (Å²) < 4.78 is 27.7. The van der Waals surface area contributed by atoms with Gasteiger partial charge in [-0.15, -0.1) is 17.5 Å². The molecule has 1 aliphatic heterocycles. The first-order valence-corrected chi connectivity index (χ1v) is 7.15. The van der Waals surface area contributed by atoms with Crippen molar-refractivity contribution in [3.8, 4) is 0 Å². The molecule has 0 aliphatic carbocycles. The lowest BCUT2D eigenvalue weighted by atomic mass is 10.1. The Hall–Kier alpha value is -0.700. The van der Waals surface area contributed by atoms with Gasteiger partial charge in [-0.05, 0) is 19.4 Å². The third-order valence-electron chi connectivity index (χ3n) is 2.88. The van der Waals surface area contributed by atoms with Gasteiger partial charge < -0.3 is 5.32 Å². The molecule has 0 amide bonds. The molecule has 1 unspecified atom stereocenters. The molecule has 1 aromatic heterocycles. The Kier molecular flexibility index (Phi) is 5.51. The number of piperidine rings is 1. The molecule has 1 atom stereocenters. The zero-order chi connectivity index (χ0) is 12.3. The molecule has 1 aromatic rings. The van der Waals surface area contributed by atoms with Gasteiger partial charge in [0, 0.05) is 19.6 Å². The first kappa shape index (κ1) is 15.4. The van der Waals surface area contributed by atoms with Crippen molar-refractivity contribution in [2.45, 2.75) is 30.3 Å². The van der Waals surface area contributed by atoms with Crippen LogP contribution >= 0.6 is 12.4 Å². The van der Waals surface area contributed by atoms with Crippen molar-refractivity contribution in [1.29, 1.82) is 0 Å². The fourth-order valence-corrected chi connectivity index (χ4v) is 3.04. The van der Waals surface area contributed by atoms with Gasteiger partial charge in [0.2, 0.25) is 0 Å². The predicted octanol–water partition coefficient (Wildman–Crippen LogP) is -0.343. The minimum atomic E-state index is -3.50. The first-order valence-electron chi connectivity index (χ1n) is 5.67. The van der Waals surface area contributed by atoms with Gasteiger partial charge in [-0.3, -0.25) is 0 Å². The van der Waals surface area contributed by atoms with Crippen molar-refractivity contribution in [3.63, 3.8) is 0 Å². The Morgan fingerprint density at radius 3 is 2.89 bits per heavy atom. The van der Waals surface area contributed by atoms with E-state index in [4.69, 9.17) is 0 Å². The lowest BCUT2D eigenvalue weighted by Crippen LogP contribution is -2.43. The summed E-state index contributed by atoms with van der Waals surface area (Å²) in [5.41, 5.74) is 0. The van der Waals surface area contributed by atoms with Crippen LogP contribution in [0.25, 0.3) is 0 Å². The molecule has 0 spiro atoms. The number of aryl methyl sites for hydroxylation is 1. The van der Waals surface area contributed by atoms with E-state index in [2.05, 4.69) is 20.4 Å². The molecule has 104 valence electrons. The molecule has 9 heteroatoms. The van der Waals surface area contributed by atoms with Crippen molar-refractivity contribution in [2.24, 2.45) is 7.05 Å². The standard InChI is InChI=1S/C9H17N5O2S.ClH/c1-14-9(7-11-13-14)17(15,16)12-6-8-4-2-3-5-10-8;/h7-8,10,12H,2-6H2,1H3;1H. The van der Waals surface area contributed by atoms with E-state index < -0.39 is 10.0 Å². The minimum absolute atomic E-state index is 0. The molecule has 0 radical (unpaired) electrons. The fourth-order valence-electron chi connectivity index (χ4n) is 1.91. The van der Waals surface area contributed by atoms with E-state index >= 15 is 0 Å².